The van der Waals surface area contributed by atoms with Crippen molar-refractivity contribution in [2.75, 3.05) is 7.11 Å². The molecule has 2 aromatic rings. The Labute approximate surface area is 95.1 Å². The third-order valence-corrected chi connectivity index (χ3v) is 2.87. The van der Waals surface area contributed by atoms with Crippen LogP contribution in [0.4, 0.5) is 0 Å². The summed E-state index contributed by atoms with van der Waals surface area (Å²) in [4.78, 5) is 0. The summed E-state index contributed by atoms with van der Waals surface area (Å²) in [7, 11) is 1.70. The van der Waals surface area contributed by atoms with Gasteiger partial charge in [-0.05, 0) is 18.6 Å². The van der Waals surface area contributed by atoms with Crippen molar-refractivity contribution in [1.29, 1.82) is 0 Å². The second kappa shape index (κ2) is 4.41. The van der Waals surface area contributed by atoms with E-state index in [0.717, 1.165) is 11.1 Å². The van der Waals surface area contributed by atoms with E-state index in [1.165, 1.54) is 0 Å². The van der Waals surface area contributed by atoms with Gasteiger partial charge < -0.3 is 4.74 Å². The first-order valence-electron chi connectivity index (χ1n) is 5.15. The number of hydrogen-bond donors (Lipinski definition) is 0. The van der Waals surface area contributed by atoms with E-state index in [1.54, 1.807) is 19.5 Å². The predicted octanol–water partition coefficient (Wildman–Crippen LogP) is 2.39. The molecule has 1 unspecified atom stereocenters. The van der Waals surface area contributed by atoms with Gasteiger partial charge in [0.25, 0.3) is 0 Å². The Kier molecular flexibility index (Phi) is 2.97. The Balaban J connectivity index is 2.49. The molecule has 0 radical (unpaired) electrons. The summed E-state index contributed by atoms with van der Waals surface area (Å²) in [5.41, 5.74) is 1.62. The van der Waals surface area contributed by atoms with Crippen molar-refractivity contribution in [1.82, 2.24) is 10.2 Å². The Morgan fingerprint density at radius 1 is 1.00 bits per heavy atom. The molecule has 0 N–H and O–H groups in total. The van der Waals surface area contributed by atoms with Gasteiger partial charge in [0.15, 0.2) is 0 Å². The third kappa shape index (κ3) is 1.82. The molecule has 0 saturated heterocycles. The van der Waals surface area contributed by atoms with Crippen molar-refractivity contribution in [3.8, 4) is 0 Å². The van der Waals surface area contributed by atoms with Crippen LogP contribution in [-0.4, -0.2) is 17.3 Å². The van der Waals surface area contributed by atoms with Gasteiger partial charge in [-0.15, -0.1) is 0 Å². The fraction of sp³-hybridized carbons (Fsp3) is 0.231. The molecule has 82 valence electrons. The molecule has 16 heavy (non-hydrogen) atoms. The van der Waals surface area contributed by atoms with Crippen molar-refractivity contribution < 1.29 is 4.74 Å². The SMILES string of the molecule is COC(C)(c1ccccc1)c1ccnnc1. The summed E-state index contributed by atoms with van der Waals surface area (Å²) in [6.45, 7) is 2.03. The molecule has 0 aliphatic rings. The number of benzene rings is 1. The zero-order valence-electron chi connectivity index (χ0n) is 9.42. The average molecular weight is 214 g/mol. The number of methoxy groups -OCH3 is 1. The van der Waals surface area contributed by atoms with Crippen molar-refractivity contribution in [2.24, 2.45) is 0 Å². The fourth-order valence-corrected chi connectivity index (χ4v) is 1.73. The molecule has 0 spiro atoms. The van der Waals surface area contributed by atoms with E-state index in [4.69, 9.17) is 4.74 Å². The molecule has 0 amide bonds. The van der Waals surface area contributed by atoms with Crippen molar-refractivity contribution in [2.45, 2.75) is 12.5 Å². The Bertz CT molecular complexity index is 403. The van der Waals surface area contributed by atoms with Crippen molar-refractivity contribution >= 4 is 0 Å². The van der Waals surface area contributed by atoms with Crippen LogP contribution in [-0.2, 0) is 10.3 Å². The molecule has 1 aromatic carbocycles. The molecule has 3 heteroatoms. The monoisotopic (exact) mass is 214 g/mol. The van der Waals surface area contributed by atoms with E-state index in [1.807, 2.05) is 43.3 Å². The fourth-order valence-electron chi connectivity index (χ4n) is 1.73. The molecule has 0 aliphatic heterocycles. The Morgan fingerprint density at radius 3 is 2.31 bits per heavy atom. The first-order valence-corrected chi connectivity index (χ1v) is 5.15. The zero-order valence-corrected chi connectivity index (χ0v) is 9.42. The normalized spacial score (nSPS) is 14.4. The van der Waals surface area contributed by atoms with Crippen LogP contribution in [0.5, 0.6) is 0 Å². The maximum atomic E-state index is 5.64. The van der Waals surface area contributed by atoms with Crippen LogP contribution in [0.3, 0.4) is 0 Å². The van der Waals surface area contributed by atoms with Gasteiger partial charge in [0.2, 0.25) is 0 Å². The van der Waals surface area contributed by atoms with Crippen LogP contribution in [0.15, 0.2) is 48.8 Å². The van der Waals surface area contributed by atoms with Crippen molar-refractivity contribution in [3.63, 3.8) is 0 Å². The number of rotatable bonds is 3. The highest BCUT2D eigenvalue weighted by Crippen LogP contribution is 2.31. The summed E-state index contributed by atoms with van der Waals surface area (Å²) < 4.78 is 5.64. The minimum absolute atomic E-state index is 0.475. The van der Waals surface area contributed by atoms with Crippen LogP contribution in [0.25, 0.3) is 0 Å². The van der Waals surface area contributed by atoms with Crippen LogP contribution in [0.2, 0.25) is 0 Å². The quantitative estimate of drug-likeness (QED) is 0.786. The van der Waals surface area contributed by atoms with Gasteiger partial charge in [0, 0.05) is 18.9 Å². The molecule has 1 heterocycles. The highest BCUT2D eigenvalue weighted by Gasteiger charge is 2.28. The van der Waals surface area contributed by atoms with Gasteiger partial charge in [-0.25, -0.2) is 0 Å². The predicted molar refractivity (Wildman–Crippen MR) is 61.9 cm³/mol. The number of ether oxygens (including phenoxy) is 1. The molecule has 2 rings (SSSR count). The summed E-state index contributed by atoms with van der Waals surface area (Å²) in [6, 6.07) is 12.0. The maximum Gasteiger partial charge on any atom is 0.116 e. The summed E-state index contributed by atoms with van der Waals surface area (Å²) in [5.74, 6) is 0. The standard InChI is InChI=1S/C13H14N2O/c1-13(16-2,11-6-4-3-5-7-11)12-8-9-14-15-10-12/h3-10H,1-2H3. The molecule has 0 fully saturated rings. The lowest BCUT2D eigenvalue weighted by Crippen LogP contribution is -2.26. The summed E-state index contributed by atoms with van der Waals surface area (Å²) in [6.07, 6.45) is 3.41. The minimum atomic E-state index is -0.475. The smallest absolute Gasteiger partial charge is 0.116 e. The van der Waals surface area contributed by atoms with E-state index in [0.29, 0.717) is 0 Å². The summed E-state index contributed by atoms with van der Waals surface area (Å²) >= 11 is 0. The summed E-state index contributed by atoms with van der Waals surface area (Å²) in [5, 5.41) is 7.68. The first kappa shape index (κ1) is 10.8. The third-order valence-electron chi connectivity index (χ3n) is 2.87. The highest BCUT2D eigenvalue weighted by molar-refractivity contribution is 5.33. The molecule has 1 aromatic heterocycles. The van der Waals surface area contributed by atoms with Gasteiger partial charge in [0.1, 0.15) is 5.60 Å². The lowest BCUT2D eigenvalue weighted by atomic mass is 9.89. The molecule has 3 nitrogen and oxygen atoms in total. The van der Waals surface area contributed by atoms with Gasteiger partial charge in [0.05, 0.1) is 6.20 Å². The molecular formula is C13H14N2O. The second-order valence-electron chi connectivity index (χ2n) is 3.73. The largest absolute Gasteiger partial charge is 0.369 e. The molecule has 0 aliphatic carbocycles. The van der Waals surface area contributed by atoms with E-state index in [9.17, 15) is 0 Å². The van der Waals surface area contributed by atoms with Gasteiger partial charge in [-0.2, -0.15) is 10.2 Å². The van der Waals surface area contributed by atoms with Crippen LogP contribution >= 0.6 is 0 Å². The molecule has 0 saturated carbocycles. The van der Waals surface area contributed by atoms with Gasteiger partial charge in [-0.1, -0.05) is 30.3 Å². The molecular weight excluding hydrogens is 200 g/mol. The van der Waals surface area contributed by atoms with E-state index >= 15 is 0 Å². The maximum absolute atomic E-state index is 5.64. The zero-order chi connectivity index (χ0) is 11.4. The lowest BCUT2D eigenvalue weighted by Gasteiger charge is -2.28. The van der Waals surface area contributed by atoms with Gasteiger partial charge in [-0.3, -0.25) is 0 Å². The van der Waals surface area contributed by atoms with Crippen molar-refractivity contribution in [3.05, 3.63) is 59.9 Å². The Morgan fingerprint density at radius 2 is 1.75 bits per heavy atom. The molecule has 1 atom stereocenters. The number of nitrogens with zero attached hydrogens (tertiary/aromatic N) is 2. The second-order valence-corrected chi connectivity index (χ2v) is 3.73. The average Bonchev–Trinajstić information content (AvgIpc) is 2.40. The topological polar surface area (TPSA) is 35.0 Å². The minimum Gasteiger partial charge on any atom is -0.369 e. The lowest BCUT2D eigenvalue weighted by molar-refractivity contribution is 0.0387. The van der Waals surface area contributed by atoms with E-state index < -0.39 is 5.60 Å². The first-order chi connectivity index (χ1) is 7.77. The van der Waals surface area contributed by atoms with Crippen LogP contribution < -0.4 is 0 Å². The Hall–Kier alpha value is -1.74. The van der Waals surface area contributed by atoms with E-state index in [2.05, 4.69) is 10.2 Å². The van der Waals surface area contributed by atoms with E-state index in [-0.39, 0.29) is 0 Å². The number of hydrogen-bond acceptors (Lipinski definition) is 3. The van der Waals surface area contributed by atoms with Gasteiger partial charge >= 0.3 is 0 Å². The molecule has 0 bridgehead atoms. The van der Waals surface area contributed by atoms with Crippen LogP contribution in [0, 0.1) is 0 Å². The highest BCUT2D eigenvalue weighted by atomic mass is 16.5. The van der Waals surface area contributed by atoms with Crippen LogP contribution in [0.1, 0.15) is 18.1 Å². The number of aromatic nitrogens is 2.